The van der Waals surface area contributed by atoms with Gasteiger partial charge in [0.2, 0.25) is 0 Å². The van der Waals surface area contributed by atoms with Crippen LogP contribution in [0.2, 0.25) is 0 Å². The first-order valence-electron chi connectivity index (χ1n) is 19.6. The summed E-state index contributed by atoms with van der Waals surface area (Å²) in [5.74, 6) is 3.36. The van der Waals surface area contributed by atoms with Gasteiger partial charge in [0.05, 0.1) is 39.3 Å². The fraction of sp³-hybridized carbons (Fsp3) is 0.457. The highest BCUT2D eigenvalue weighted by Gasteiger charge is 2.74. The highest BCUT2D eigenvalue weighted by molar-refractivity contribution is 5.96. The van der Waals surface area contributed by atoms with Crippen molar-refractivity contribution in [2.45, 2.75) is 80.9 Å². The molecule has 4 saturated heterocycles. The summed E-state index contributed by atoms with van der Waals surface area (Å²) in [5.41, 5.74) is 3.55. The number of rotatable bonds is 8. The second kappa shape index (κ2) is 13.5. The quantitative estimate of drug-likeness (QED) is 0.181. The molecule has 1 saturated carbocycles. The maximum absolute atomic E-state index is 17.2. The van der Waals surface area contributed by atoms with Crippen LogP contribution in [-0.2, 0) is 4.79 Å². The maximum atomic E-state index is 17.2. The molecule has 276 valence electrons. The Hall–Kier alpha value is -4.33. The Morgan fingerprint density at radius 2 is 0.962 bits per heavy atom. The molecular weight excluding hydrogens is 661 g/mol. The van der Waals surface area contributed by atoms with Crippen molar-refractivity contribution in [2.75, 3.05) is 41.5 Å². The minimum absolute atomic E-state index is 0.00222. The van der Waals surface area contributed by atoms with Crippen LogP contribution < -0.4 is 18.9 Å². The lowest BCUT2D eigenvalue weighted by molar-refractivity contribution is -0.151. The Labute approximate surface area is 314 Å². The average molecular weight is 713 g/mol. The molecule has 9 rings (SSSR count). The topological polar surface area (TPSA) is 60.5 Å². The molecule has 4 aliphatic heterocycles. The third-order valence-corrected chi connectivity index (χ3v) is 14.0. The van der Waals surface area contributed by atoms with Gasteiger partial charge in [0.15, 0.2) is 23.0 Å². The molecule has 0 amide bonds. The first-order chi connectivity index (χ1) is 26.0. The molecule has 7 nitrogen and oxygen atoms in total. The molecule has 0 radical (unpaired) electrons. The molecule has 0 N–H and O–H groups in total. The van der Waals surface area contributed by atoms with Crippen molar-refractivity contribution in [3.05, 3.63) is 119 Å². The van der Waals surface area contributed by atoms with E-state index in [0.717, 1.165) is 69.3 Å². The van der Waals surface area contributed by atoms with Crippen molar-refractivity contribution >= 4 is 5.78 Å². The summed E-state index contributed by atoms with van der Waals surface area (Å²) in [7, 11) is 6.81. The van der Waals surface area contributed by atoms with Crippen LogP contribution in [-0.4, -0.2) is 69.2 Å². The van der Waals surface area contributed by atoms with Crippen LogP contribution in [0.3, 0.4) is 0 Å². The first-order valence-corrected chi connectivity index (χ1v) is 19.6. The predicted octanol–water partition coefficient (Wildman–Crippen LogP) is 8.75. The second-order valence-corrected chi connectivity index (χ2v) is 16.0. The van der Waals surface area contributed by atoms with Gasteiger partial charge in [0.25, 0.3) is 0 Å². The van der Waals surface area contributed by atoms with E-state index in [9.17, 15) is 0 Å². The van der Waals surface area contributed by atoms with Gasteiger partial charge in [0.1, 0.15) is 5.78 Å². The molecule has 1 aliphatic carbocycles. The van der Waals surface area contributed by atoms with Gasteiger partial charge >= 0.3 is 0 Å². The van der Waals surface area contributed by atoms with Crippen molar-refractivity contribution in [3.63, 3.8) is 0 Å². The zero-order valence-corrected chi connectivity index (χ0v) is 31.5. The number of fused-ring (bicyclic) bond motifs is 2. The number of hydrogen-bond donors (Lipinski definition) is 0. The molecule has 7 heteroatoms. The number of carbonyl (C=O) groups is 1. The van der Waals surface area contributed by atoms with Crippen LogP contribution in [0.25, 0.3) is 0 Å². The molecule has 0 aromatic heterocycles. The minimum Gasteiger partial charge on any atom is -0.493 e. The van der Waals surface area contributed by atoms with Crippen molar-refractivity contribution in [1.29, 1.82) is 0 Å². The van der Waals surface area contributed by atoms with E-state index in [4.69, 9.17) is 18.9 Å². The van der Waals surface area contributed by atoms with Gasteiger partial charge in [0, 0.05) is 36.0 Å². The number of carbonyl (C=O) groups excluding carboxylic acids is 1. The zero-order valence-electron chi connectivity index (χ0n) is 31.5. The molecule has 0 bridgehead atoms. The summed E-state index contributed by atoms with van der Waals surface area (Å²) in [6, 6.07) is 35.2. The van der Waals surface area contributed by atoms with Crippen LogP contribution in [0, 0.1) is 10.8 Å². The monoisotopic (exact) mass is 712 g/mol. The molecule has 53 heavy (non-hydrogen) atoms. The Morgan fingerprint density at radius 3 is 1.49 bits per heavy atom. The van der Waals surface area contributed by atoms with Crippen molar-refractivity contribution in [1.82, 2.24) is 9.80 Å². The standard InChI is InChI=1S/C46H52N2O5/c1-50-36-22-20-32(28-38(36)52-3)41-35-19-12-26-47(35)42(31-16-9-6-10-17-31)46(41)25-13-24-45(44(46)49)40(30-14-7-5-8-15-30)34-18-11-27-48(34)43(45)33-21-23-37(51-2)39(29-33)53-4/h5-10,14-17,20-23,28-29,34-35,40-43H,11-13,18-19,24-27H2,1-4H3. The fourth-order valence-corrected chi connectivity index (χ4v) is 12.4. The van der Waals surface area contributed by atoms with E-state index in [-0.39, 0.29) is 36.0 Å². The van der Waals surface area contributed by atoms with E-state index >= 15 is 4.79 Å². The number of methoxy groups -OCH3 is 4. The Bertz CT molecular complexity index is 1830. The van der Waals surface area contributed by atoms with Gasteiger partial charge in [-0.15, -0.1) is 0 Å². The fourth-order valence-electron chi connectivity index (χ4n) is 12.4. The van der Waals surface area contributed by atoms with Gasteiger partial charge in [-0.3, -0.25) is 14.6 Å². The molecule has 8 unspecified atom stereocenters. The third-order valence-electron chi connectivity index (χ3n) is 14.0. The summed E-state index contributed by atoms with van der Waals surface area (Å²) < 4.78 is 23.4. The summed E-state index contributed by atoms with van der Waals surface area (Å²) >= 11 is 0. The predicted molar refractivity (Wildman–Crippen MR) is 206 cm³/mol. The van der Waals surface area contributed by atoms with Crippen molar-refractivity contribution < 1.29 is 23.7 Å². The van der Waals surface area contributed by atoms with Crippen LogP contribution in [0.1, 0.15) is 91.1 Å². The molecule has 5 aliphatic rings. The van der Waals surface area contributed by atoms with E-state index in [1.165, 1.54) is 16.7 Å². The van der Waals surface area contributed by atoms with Crippen LogP contribution >= 0.6 is 0 Å². The lowest BCUT2D eigenvalue weighted by Gasteiger charge is -2.54. The molecular formula is C46H52N2O5. The summed E-state index contributed by atoms with van der Waals surface area (Å²) in [5, 5.41) is 0. The summed E-state index contributed by atoms with van der Waals surface area (Å²) in [6.45, 7) is 1.97. The highest BCUT2D eigenvalue weighted by atomic mass is 16.5. The van der Waals surface area contributed by atoms with Gasteiger partial charge in [-0.2, -0.15) is 0 Å². The third kappa shape index (κ3) is 4.95. The van der Waals surface area contributed by atoms with Crippen LogP contribution in [0.4, 0.5) is 0 Å². The molecule has 2 spiro atoms. The van der Waals surface area contributed by atoms with E-state index in [2.05, 4.69) is 94.7 Å². The number of benzene rings is 4. The first kappa shape index (κ1) is 34.4. The minimum atomic E-state index is -0.661. The van der Waals surface area contributed by atoms with E-state index in [0.29, 0.717) is 23.0 Å². The lowest BCUT2D eigenvalue weighted by Crippen LogP contribution is -2.56. The SMILES string of the molecule is COc1ccc(C2C3CCCN3C(c3ccccc3)C23CCCC2(C3=O)C(c3ccccc3)C3CCCN3C2c2ccc(OC)c(OC)c2)cc1OC. The van der Waals surface area contributed by atoms with Gasteiger partial charge < -0.3 is 18.9 Å². The van der Waals surface area contributed by atoms with Crippen molar-refractivity contribution in [3.8, 4) is 23.0 Å². The second-order valence-electron chi connectivity index (χ2n) is 16.0. The highest BCUT2D eigenvalue weighted by Crippen LogP contribution is 2.73. The Balaban J connectivity index is 1.32. The Kier molecular flexibility index (Phi) is 8.78. The average Bonchev–Trinajstić information content (AvgIpc) is 3.97. The number of hydrogen-bond acceptors (Lipinski definition) is 7. The molecule has 5 fully saturated rings. The molecule has 4 heterocycles. The largest absolute Gasteiger partial charge is 0.493 e. The normalized spacial score (nSPS) is 32.3. The van der Waals surface area contributed by atoms with Crippen LogP contribution in [0.15, 0.2) is 97.1 Å². The lowest BCUT2D eigenvalue weighted by atomic mass is 9.47. The molecule has 4 aromatic rings. The van der Waals surface area contributed by atoms with Crippen molar-refractivity contribution in [2.24, 2.45) is 10.8 Å². The zero-order chi connectivity index (χ0) is 36.3. The maximum Gasteiger partial charge on any atom is 0.161 e. The summed E-state index contributed by atoms with van der Waals surface area (Å²) in [6.07, 6.45) is 7.09. The van der Waals surface area contributed by atoms with E-state index in [1.54, 1.807) is 28.4 Å². The van der Waals surface area contributed by atoms with E-state index < -0.39 is 10.8 Å². The van der Waals surface area contributed by atoms with Gasteiger partial charge in [-0.25, -0.2) is 0 Å². The van der Waals surface area contributed by atoms with Gasteiger partial charge in [-0.05, 0) is 98.1 Å². The Morgan fingerprint density at radius 1 is 0.509 bits per heavy atom. The molecule has 4 aromatic carbocycles. The number of nitrogens with zero attached hydrogens (tertiary/aromatic N) is 2. The van der Waals surface area contributed by atoms with E-state index in [1.807, 2.05) is 12.1 Å². The number of ether oxygens (including phenoxy) is 4. The number of Topliss-reactive ketones (excluding diaryl/α,β-unsaturated/α-hetero) is 1. The van der Waals surface area contributed by atoms with Crippen LogP contribution in [0.5, 0.6) is 23.0 Å². The number of ketones is 1. The smallest absolute Gasteiger partial charge is 0.161 e. The molecule has 8 atom stereocenters. The van der Waals surface area contributed by atoms with Gasteiger partial charge in [-0.1, -0.05) is 79.2 Å². The summed E-state index contributed by atoms with van der Waals surface area (Å²) in [4.78, 5) is 22.6.